The lowest BCUT2D eigenvalue weighted by Gasteiger charge is -2.25. The molecule has 0 spiro atoms. The van der Waals surface area contributed by atoms with Crippen LogP contribution in [0.3, 0.4) is 0 Å². The molecule has 1 fully saturated rings. The number of hydrogen-bond acceptors (Lipinski definition) is 2. The summed E-state index contributed by atoms with van der Waals surface area (Å²) in [7, 11) is 0. The molecular weight excluding hydrogens is 326 g/mol. The first-order valence-electron chi connectivity index (χ1n) is 6.91. The van der Waals surface area contributed by atoms with Crippen molar-refractivity contribution in [2.24, 2.45) is 0 Å². The molecule has 19 heavy (non-hydrogen) atoms. The smallest absolute Gasteiger partial charge is 0.120 e. The van der Waals surface area contributed by atoms with Crippen molar-refractivity contribution in [2.75, 3.05) is 19.7 Å². The maximum atomic E-state index is 6.11. The van der Waals surface area contributed by atoms with E-state index >= 15 is 0 Å². The molecule has 4 heteroatoms. The number of benzene rings is 1. The Bertz CT molecular complexity index is 399. The Morgan fingerprint density at radius 2 is 2.37 bits per heavy atom. The number of alkyl halides is 1. The molecule has 2 rings (SSSR count). The van der Waals surface area contributed by atoms with Crippen LogP contribution in [-0.4, -0.2) is 36.0 Å². The number of halogens is 2. The topological polar surface area (TPSA) is 12.5 Å². The number of rotatable bonds is 6. The molecule has 1 aromatic rings. The van der Waals surface area contributed by atoms with Crippen LogP contribution in [0.2, 0.25) is 0 Å². The maximum absolute atomic E-state index is 6.11. The first-order valence-corrected chi connectivity index (χ1v) is 8.14. The summed E-state index contributed by atoms with van der Waals surface area (Å²) in [5.74, 6) is 0.927. The van der Waals surface area contributed by atoms with Gasteiger partial charge in [-0.05, 0) is 50.9 Å². The predicted octanol–water partition coefficient (Wildman–Crippen LogP) is 4.31. The van der Waals surface area contributed by atoms with Gasteiger partial charge < -0.3 is 4.74 Å². The molecule has 1 heterocycles. The van der Waals surface area contributed by atoms with Gasteiger partial charge in [-0.2, -0.15) is 0 Å². The number of likely N-dealkylation sites (tertiary alicyclic amines) is 1. The van der Waals surface area contributed by atoms with E-state index in [2.05, 4.69) is 27.8 Å². The number of hydrogen-bond donors (Lipinski definition) is 0. The van der Waals surface area contributed by atoms with E-state index in [4.69, 9.17) is 16.3 Å². The van der Waals surface area contributed by atoms with E-state index in [0.717, 1.165) is 29.8 Å². The van der Waals surface area contributed by atoms with Crippen LogP contribution in [0.25, 0.3) is 0 Å². The van der Waals surface area contributed by atoms with Gasteiger partial charge in [-0.1, -0.05) is 22.0 Å². The summed E-state index contributed by atoms with van der Waals surface area (Å²) >= 11 is 9.56. The fourth-order valence-electron chi connectivity index (χ4n) is 2.67. The zero-order chi connectivity index (χ0) is 13.7. The van der Waals surface area contributed by atoms with E-state index in [1.165, 1.54) is 19.4 Å². The third kappa shape index (κ3) is 4.97. The van der Waals surface area contributed by atoms with Crippen LogP contribution in [0.5, 0.6) is 5.75 Å². The molecule has 0 saturated carbocycles. The second-order valence-electron chi connectivity index (χ2n) is 5.15. The van der Waals surface area contributed by atoms with Crippen LogP contribution in [-0.2, 0) is 0 Å². The third-order valence-electron chi connectivity index (χ3n) is 3.54. The highest BCUT2D eigenvalue weighted by atomic mass is 79.9. The van der Waals surface area contributed by atoms with Gasteiger partial charge in [0.1, 0.15) is 12.4 Å². The summed E-state index contributed by atoms with van der Waals surface area (Å²) in [5, 5.41) is 0.261. The van der Waals surface area contributed by atoms with Crippen LogP contribution in [0.15, 0.2) is 28.7 Å². The number of nitrogens with zero attached hydrogens (tertiary/aromatic N) is 1. The minimum absolute atomic E-state index is 0.261. The fourth-order valence-corrected chi connectivity index (χ4v) is 3.25. The van der Waals surface area contributed by atoms with Crippen molar-refractivity contribution in [1.82, 2.24) is 4.90 Å². The Morgan fingerprint density at radius 3 is 3.11 bits per heavy atom. The molecule has 2 nitrogen and oxygen atoms in total. The van der Waals surface area contributed by atoms with E-state index in [1.807, 2.05) is 24.3 Å². The van der Waals surface area contributed by atoms with Crippen molar-refractivity contribution in [2.45, 2.75) is 37.6 Å². The zero-order valence-electron chi connectivity index (χ0n) is 11.3. The van der Waals surface area contributed by atoms with E-state index in [9.17, 15) is 0 Å². The van der Waals surface area contributed by atoms with Gasteiger partial charge in [0.2, 0.25) is 0 Å². The molecule has 2 atom stereocenters. The molecular formula is C15H21BrClNO. The maximum Gasteiger partial charge on any atom is 0.120 e. The minimum Gasteiger partial charge on any atom is -0.492 e. The molecule has 0 amide bonds. The van der Waals surface area contributed by atoms with Gasteiger partial charge in [0, 0.05) is 22.4 Å². The zero-order valence-corrected chi connectivity index (χ0v) is 13.7. The number of ether oxygens (including phenoxy) is 1. The molecule has 0 aliphatic carbocycles. The Labute approximate surface area is 129 Å². The highest BCUT2D eigenvalue weighted by Crippen LogP contribution is 2.23. The molecule has 0 aromatic heterocycles. The summed E-state index contributed by atoms with van der Waals surface area (Å²) in [4.78, 5) is 2.51. The van der Waals surface area contributed by atoms with E-state index in [-0.39, 0.29) is 5.38 Å². The van der Waals surface area contributed by atoms with E-state index in [1.54, 1.807) is 0 Å². The average molecular weight is 347 g/mol. The molecule has 1 aliphatic heterocycles. The minimum atomic E-state index is 0.261. The summed E-state index contributed by atoms with van der Waals surface area (Å²) in [6, 6.07) is 8.63. The molecule has 1 aromatic carbocycles. The Balaban J connectivity index is 1.75. The molecule has 106 valence electrons. The van der Waals surface area contributed by atoms with Crippen LogP contribution in [0, 0.1) is 0 Å². The van der Waals surface area contributed by atoms with Gasteiger partial charge in [0.05, 0.1) is 0 Å². The third-order valence-corrected chi connectivity index (χ3v) is 4.21. The summed E-state index contributed by atoms with van der Waals surface area (Å²) in [5.41, 5.74) is 0. The molecule has 0 bridgehead atoms. The van der Waals surface area contributed by atoms with Gasteiger partial charge in [-0.25, -0.2) is 0 Å². The predicted molar refractivity (Wildman–Crippen MR) is 84.2 cm³/mol. The lowest BCUT2D eigenvalue weighted by atomic mass is 10.1. The summed E-state index contributed by atoms with van der Waals surface area (Å²) < 4.78 is 6.85. The molecule has 0 N–H and O–H groups in total. The Morgan fingerprint density at radius 1 is 1.53 bits per heavy atom. The van der Waals surface area contributed by atoms with Gasteiger partial charge in [0.25, 0.3) is 0 Å². The standard InChI is InChI=1S/C15H21BrClNO/c1-12(17)10-14-5-3-7-18(14)8-9-19-15-6-2-4-13(16)11-15/h2,4,6,11-12,14H,3,5,7-10H2,1H3. The van der Waals surface area contributed by atoms with Gasteiger partial charge >= 0.3 is 0 Å². The van der Waals surface area contributed by atoms with Crippen LogP contribution < -0.4 is 4.74 Å². The molecule has 1 saturated heterocycles. The van der Waals surface area contributed by atoms with Crippen LogP contribution >= 0.6 is 27.5 Å². The quantitative estimate of drug-likeness (QED) is 0.712. The van der Waals surface area contributed by atoms with Crippen molar-refractivity contribution < 1.29 is 4.74 Å². The van der Waals surface area contributed by atoms with E-state index < -0.39 is 0 Å². The van der Waals surface area contributed by atoms with Crippen molar-refractivity contribution in [3.8, 4) is 5.75 Å². The average Bonchev–Trinajstić information content (AvgIpc) is 2.76. The first kappa shape index (κ1) is 15.1. The van der Waals surface area contributed by atoms with Crippen molar-refractivity contribution >= 4 is 27.5 Å². The molecule has 0 radical (unpaired) electrons. The van der Waals surface area contributed by atoms with Gasteiger partial charge in [0.15, 0.2) is 0 Å². The highest BCUT2D eigenvalue weighted by molar-refractivity contribution is 9.10. The summed E-state index contributed by atoms with van der Waals surface area (Å²) in [6.45, 7) is 4.98. The lowest BCUT2D eigenvalue weighted by molar-refractivity contribution is 0.190. The fraction of sp³-hybridized carbons (Fsp3) is 0.600. The van der Waals surface area contributed by atoms with Crippen LogP contribution in [0.4, 0.5) is 0 Å². The SMILES string of the molecule is CC(Cl)CC1CCCN1CCOc1cccc(Br)c1. The monoisotopic (exact) mass is 345 g/mol. The first-order chi connectivity index (χ1) is 9.15. The van der Waals surface area contributed by atoms with Crippen molar-refractivity contribution in [1.29, 1.82) is 0 Å². The van der Waals surface area contributed by atoms with Gasteiger partial charge in [-0.3, -0.25) is 4.90 Å². The van der Waals surface area contributed by atoms with Gasteiger partial charge in [-0.15, -0.1) is 11.6 Å². The van der Waals surface area contributed by atoms with Crippen LogP contribution in [0.1, 0.15) is 26.2 Å². The molecule has 2 unspecified atom stereocenters. The van der Waals surface area contributed by atoms with Crippen molar-refractivity contribution in [3.63, 3.8) is 0 Å². The second-order valence-corrected chi connectivity index (χ2v) is 6.82. The lowest BCUT2D eigenvalue weighted by Crippen LogP contribution is -2.34. The highest BCUT2D eigenvalue weighted by Gasteiger charge is 2.25. The second kappa shape index (κ2) is 7.51. The molecule has 1 aliphatic rings. The van der Waals surface area contributed by atoms with E-state index in [0.29, 0.717) is 6.04 Å². The largest absolute Gasteiger partial charge is 0.492 e. The summed E-state index contributed by atoms with van der Waals surface area (Å²) in [6.07, 6.45) is 3.64. The Hall–Kier alpha value is -0.250. The van der Waals surface area contributed by atoms with Crippen molar-refractivity contribution in [3.05, 3.63) is 28.7 Å². The Kier molecular flexibility index (Phi) is 5.99. The normalized spacial score (nSPS) is 21.5.